The Kier molecular flexibility index (Phi) is 5.95. The van der Waals surface area contributed by atoms with Gasteiger partial charge in [0, 0.05) is 25.6 Å². The molecule has 1 fully saturated rings. The standard InChI is InChI=1S/C15H23N3O4S/c1-3-14(19)17-12-5-6-15(16-11-12)22-13-7-9-18(10-8-13)23(20,21)4-2/h5-6,11,13H,3-4,7-10H2,1-2H3,(H,17,19). The van der Waals surface area contributed by atoms with Crippen LogP contribution in [0.5, 0.6) is 5.88 Å². The van der Waals surface area contributed by atoms with Crippen molar-refractivity contribution in [1.29, 1.82) is 0 Å². The molecule has 0 aliphatic carbocycles. The quantitative estimate of drug-likeness (QED) is 0.849. The van der Waals surface area contributed by atoms with Crippen LogP contribution in [-0.2, 0) is 14.8 Å². The predicted octanol–water partition coefficient (Wildman–Crippen LogP) is 1.62. The first kappa shape index (κ1) is 17.7. The van der Waals surface area contributed by atoms with E-state index >= 15 is 0 Å². The van der Waals surface area contributed by atoms with Crippen LogP contribution >= 0.6 is 0 Å². The van der Waals surface area contributed by atoms with E-state index < -0.39 is 10.0 Å². The summed E-state index contributed by atoms with van der Waals surface area (Å²) in [6.45, 7) is 4.39. The number of carbonyl (C=O) groups is 1. The number of rotatable bonds is 6. The third-order valence-corrected chi connectivity index (χ3v) is 5.67. The molecule has 128 valence electrons. The van der Waals surface area contributed by atoms with E-state index in [1.165, 1.54) is 4.31 Å². The molecule has 1 aliphatic heterocycles. The van der Waals surface area contributed by atoms with Crippen molar-refractivity contribution in [1.82, 2.24) is 9.29 Å². The second kappa shape index (κ2) is 7.74. The number of hydrogen-bond donors (Lipinski definition) is 1. The van der Waals surface area contributed by atoms with Crippen LogP contribution in [0.1, 0.15) is 33.1 Å². The van der Waals surface area contributed by atoms with Gasteiger partial charge in [-0.05, 0) is 25.8 Å². The van der Waals surface area contributed by atoms with Crippen LogP contribution in [0, 0.1) is 0 Å². The van der Waals surface area contributed by atoms with E-state index in [0.29, 0.717) is 43.9 Å². The molecule has 1 N–H and O–H groups in total. The minimum Gasteiger partial charge on any atom is -0.474 e. The summed E-state index contributed by atoms with van der Waals surface area (Å²) in [5.74, 6) is 0.548. The number of pyridine rings is 1. The molecule has 2 heterocycles. The van der Waals surface area contributed by atoms with Crippen LogP contribution < -0.4 is 10.1 Å². The Balaban J connectivity index is 1.86. The van der Waals surface area contributed by atoms with Gasteiger partial charge in [-0.15, -0.1) is 0 Å². The molecule has 23 heavy (non-hydrogen) atoms. The maximum Gasteiger partial charge on any atom is 0.224 e. The van der Waals surface area contributed by atoms with Gasteiger partial charge in [0.05, 0.1) is 17.6 Å². The summed E-state index contributed by atoms with van der Waals surface area (Å²) in [5, 5.41) is 2.72. The Morgan fingerprint density at radius 1 is 1.35 bits per heavy atom. The van der Waals surface area contributed by atoms with Gasteiger partial charge in [0.25, 0.3) is 0 Å². The Morgan fingerprint density at radius 3 is 2.57 bits per heavy atom. The molecule has 8 heteroatoms. The number of amides is 1. The molecule has 1 aromatic heterocycles. The second-order valence-corrected chi connectivity index (χ2v) is 7.66. The number of hydrogen-bond acceptors (Lipinski definition) is 5. The Labute approximate surface area is 137 Å². The van der Waals surface area contributed by atoms with Crippen LogP contribution in [0.4, 0.5) is 5.69 Å². The molecule has 2 rings (SSSR count). The summed E-state index contributed by atoms with van der Waals surface area (Å²) in [6.07, 6.45) is 3.23. The highest BCUT2D eigenvalue weighted by molar-refractivity contribution is 7.89. The zero-order chi connectivity index (χ0) is 16.9. The van der Waals surface area contributed by atoms with Crippen LogP contribution in [0.3, 0.4) is 0 Å². The zero-order valence-electron chi connectivity index (χ0n) is 13.5. The van der Waals surface area contributed by atoms with Crippen molar-refractivity contribution in [3.63, 3.8) is 0 Å². The van der Waals surface area contributed by atoms with E-state index in [4.69, 9.17) is 4.74 Å². The molecule has 0 unspecified atom stereocenters. The first-order valence-electron chi connectivity index (χ1n) is 7.85. The lowest BCUT2D eigenvalue weighted by molar-refractivity contribution is -0.115. The SMILES string of the molecule is CCC(=O)Nc1ccc(OC2CCN(S(=O)(=O)CC)CC2)nc1. The normalized spacial score (nSPS) is 17.0. The highest BCUT2D eigenvalue weighted by Crippen LogP contribution is 2.20. The van der Waals surface area contributed by atoms with E-state index in [2.05, 4.69) is 10.3 Å². The van der Waals surface area contributed by atoms with Crippen LogP contribution in [0.15, 0.2) is 18.3 Å². The second-order valence-electron chi connectivity index (χ2n) is 5.40. The van der Waals surface area contributed by atoms with Crippen molar-refractivity contribution in [2.75, 3.05) is 24.2 Å². The fourth-order valence-electron chi connectivity index (χ4n) is 2.35. The van der Waals surface area contributed by atoms with Gasteiger partial charge in [0.15, 0.2) is 0 Å². The van der Waals surface area contributed by atoms with Crippen molar-refractivity contribution in [2.24, 2.45) is 0 Å². The average Bonchev–Trinajstić information content (AvgIpc) is 2.57. The molecule has 1 aliphatic rings. The number of nitrogens with one attached hydrogen (secondary N) is 1. The van der Waals surface area contributed by atoms with Gasteiger partial charge in [-0.25, -0.2) is 17.7 Å². The van der Waals surface area contributed by atoms with E-state index in [9.17, 15) is 13.2 Å². The van der Waals surface area contributed by atoms with Crippen LogP contribution in [-0.4, -0.2) is 48.6 Å². The molecule has 0 bridgehead atoms. The van der Waals surface area contributed by atoms with Gasteiger partial charge >= 0.3 is 0 Å². The molecule has 1 saturated heterocycles. The molecule has 0 saturated carbocycles. The summed E-state index contributed by atoms with van der Waals surface area (Å²) in [7, 11) is -3.12. The van der Waals surface area contributed by atoms with Gasteiger partial charge in [-0.2, -0.15) is 0 Å². The van der Waals surface area contributed by atoms with Crippen molar-refractivity contribution in [3.05, 3.63) is 18.3 Å². The van der Waals surface area contributed by atoms with E-state index in [1.807, 2.05) is 0 Å². The smallest absolute Gasteiger partial charge is 0.224 e. The molecule has 1 amide bonds. The van der Waals surface area contributed by atoms with Crippen LogP contribution in [0.25, 0.3) is 0 Å². The summed E-state index contributed by atoms with van der Waals surface area (Å²) < 4.78 is 30.9. The topological polar surface area (TPSA) is 88.6 Å². The lowest BCUT2D eigenvalue weighted by Gasteiger charge is -2.30. The highest BCUT2D eigenvalue weighted by atomic mass is 32.2. The van der Waals surface area contributed by atoms with Crippen molar-refractivity contribution >= 4 is 21.6 Å². The first-order chi connectivity index (χ1) is 10.9. The molecule has 1 aromatic rings. The Hall–Kier alpha value is -1.67. The predicted molar refractivity (Wildman–Crippen MR) is 87.8 cm³/mol. The molecule has 0 spiro atoms. The van der Waals surface area contributed by atoms with Gasteiger partial charge in [0.1, 0.15) is 6.10 Å². The van der Waals surface area contributed by atoms with E-state index in [1.54, 1.807) is 32.2 Å². The average molecular weight is 341 g/mol. The number of ether oxygens (including phenoxy) is 1. The number of aromatic nitrogens is 1. The zero-order valence-corrected chi connectivity index (χ0v) is 14.3. The van der Waals surface area contributed by atoms with Crippen molar-refractivity contribution < 1.29 is 17.9 Å². The fourth-order valence-corrected chi connectivity index (χ4v) is 3.49. The molecular weight excluding hydrogens is 318 g/mol. The summed E-state index contributed by atoms with van der Waals surface area (Å²) in [5.41, 5.74) is 0.632. The summed E-state index contributed by atoms with van der Waals surface area (Å²) in [4.78, 5) is 15.5. The summed E-state index contributed by atoms with van der Waals surface area (Å²) in [6, 6.07) is 3.45. The Morgan fingerprint density at radius 2 is 2.04 bits per heavy atom. The molecule has 0 aromatic carbocycles. The monoisotopic (exact) mass is 341 g/mol. The van der Waals surface area contributed by atoms with Gasteiger partial charge in [-0.1, -0.05) is 6.92 Å². The van der Waals surface area contributed by atoms with E-state index in [-0.39, 0.29) is 17.8 Å². The highest BCUT2D eigenvalue weighted by Gasteiger charge is 2.27. The van der Waals surface area contributed by atoms with E-state index in [0.717, 1.165) is 0 Å². The summed E-state index contributed by atoms with van der Waals surface area (Å²) >= 11 is 0. The third kappa shape index (κ3) is 4.90. The number of piperidine rings is 1. The van der Waals surface area contributed by atoms with Gasteiger partial charge in [0.2, 0.25) is 21.8 Å². The lowest BCUT2D eigenvalue weighted by Crippen LogP contribution is -2.42. The van der Waals surface area contributed by atoms with Crippen molar-refractivity contribution in [2.45, 2.75) is 39.2 Å². The Bertz CT molecular complexity index is 623. The minimum absolute atomic E-state index is 0.0399. The molecule has 0 radical (unpaired) electrons. The van der Waals surface area contributed by atoms with Gasteiger partial charge in [-0.3, -0.25) is 4.79 Å². The minimum atomic E-state index is -3.12. The molecular formula is C15H23N3O4S. The van der Waals surface area contributed by atoms with Crippen molar-refractivity contribution in [3.8, 4) is 5.88 Å². The largest absolute Gasteiger partial charge is 0.474 e. The number of anilines is 1. The maximum absolute atomic E-state index is 11.8. The van der Waals surface area contributed by atoms with Gasteiger partial charge < -0.3 is 10.1 Å². The number of carbonyl (C=O) groups excluding carboxylic acids is 1. The third-order valence-electron chi connectivity index (χ3n) is 3.79. The maximum atomic E-state index is 11.8. The van der Waals surface area contributed by atoms with Crippen LogP contribution in [0.2, 0.25) is 0 Å². The molecule has 7 nitrogen and oxygen atoms in total. The fraction of sp³-hybridized carbons (Fsp3) is 0.600. The number of sulfonamides is 1. The lowest BCUT2D eigenvalue weighted by atomic mass is 10.1. The first-order valence-corrected chi connectivity index (χ1v) is 9.46. The molecule has 0 atom stereocenters. The number of nitrogens with zero attached hydrogens (tertiary/aromatic N) is 2.